The van der Waals surface area contributed by atoms with Gasteiger partial charge in [0.05, 0.1) is 23.0 Å². The third kappa shape index (κ3) is 14.2. The number of amidine groups is 2. The summed E-state index contributed by atoms with van der Waals surface area (Å²) in [7, 11) is 0. The Bertz CT molecular complexity index is 1620. The molecule has 54 heavy (non-hydrogen) atoms. The molecular formula is C40H60N10O4. The summed E-state index contributed by atoms with van der Waals surface area (Å²) in [6, 6.07) is 9.81. The molecule has 4 amide bonds. The summed E-state index contributed by atoms with van der Waals surface area (Å²) in [6.45, 7) is 18.0. The van der Waals surface area contributed by atoms with E-state index in [0.717, 1.165) is 12.8 Å². The van der Waals surface area contributed by atoms with Gasteiger partial charge in [-0.2, -0.15) is 0 Å². The van der Waals surface area contributed by atoms with Gasteiger partial charge in [0.15, 0.2) is 0 Å². The van der Waals surface area contributed by atoms with Crippen molar-refractivity contribution in [3.8, 4) is 0 Å². The molecule has 0 unspecified atom stereocenters. The fourth-order valence-corrected chi connectivity index (χ4v) is 5.51. The number of carbonyl (C=O) groups is 4. The van der Waals surface area contributed by atoms with Gasteiger partial charge >= 0.3 is 0 Å². The average molecular weight is 745 g/mol. The van der Waals surface area contributed by atoms with Gasteiger partial charge in [-0.1, -0.05) is 27.7 Å². The van der Waals surface area contributed by atoms with Crippen molar-refractivity contribution >= 4 is 46.7 Å². The van der Waals surface area contributed by atoms with Crippen molar-refractivity contribution in [2.45, 2.75) is 106 Å². The van der Waals surface area contributed by atoms with Crippen LogP contribution in [0.2, 0.25) is 0 Å². The third-order valence-corrected chi connectivity index (χ3v) is 8.33. The molecule has 14 nitrogen and oxygen atoms in total. The molecule has 0 aliphatic rings. The Balaban J connectivity index is 1.66. The Morgan fingerprint density at radius 3 is 1.24 bits per heavy atom. The number of hydrogen-bond acceptors (Lipinski definition) is 6. The molecule has 1 aromatic carbocycles. The number of carbonyl (C=O) groups excluding carboxylic acids is 4. The van der Waals surface area contributed by atoms with E-state index in [1.54, 1.807) is 48.8 Å². The van der Waals surface area contributed by atoms with E-state index in [2.05, 4.69) is 59.6 Å². The fourth-order valence-electron chi connectivity index (χ4n) is 5.51. The molecule has 0 fully saturated rings. The lowest BCUT2D eigenvalue weighted by Gasteiger charge is -2.13. The minimum atomic E-state index is -0.392. The molecule has 0 spiro atoms. The van der Waals surface area contributed by atoms with Gasteiger partial charge in [-0.3, -0.25) is 30.0 Å². The highest BCUT2D eigenvalue weighted by molar-refractivity contribution is 6.08. The van der Waals surface area contributed by atoms with Crippen LogP contribution >= 0.6 is 0 Å². The second-order valence-electron chi connectivity index (χ2n) is 15.0. The van der Waals surface area contributed by atoms with E-state index in [4.69, 9.17) is 10.8 Å². The lowest BCUT2D eigenvalue weighted by molar-refractivity contribution is 0.0936. The maximum atomic E-state index is 13.2. The number of nitrogens with one attached hydrogen (secondary N) is 8. The maximum Gasteiger partial charge on any atom is 0.267 e. The lowest BCUT2D eigenvalue weighted by Crippen LogP contribution is -2.34. The number of aryl methyl sites for hydroxylation is 2. The van der Waals surface area contributed by atoms with Crippen LogP contribution in [0.4, 0.5) is 11.4 Å². The number of rotatable bonds is 20. The fraction of sp³-hybridized carbons (Fsp3) is 0.500. The zero-order valence-electron chi connectivity index (χ0n) is 33.1. The summed E-state index contributed by atoms with van der Waals surface area (Å²) in [5.41, 5.74) is 2.44. The second kappa shape index (κ2) is 20.7. The van der Waals surface area contributed by atoms with E-state index in [1.165, 1.54) is 0 Å². The minimum absolute atomic E-state index is 0.139. The van der Waals surface area contributed by atoms with Crippen LogP contribution in [0.1, 0.15) is 123 Å². The molecular weight excluding hydrogens is 685 g/mol. The molecule has 2 aromatic heterocycles. The van der Waals surface area contributed by atoms with Crippen molar-refractivity contribution in [3.63, 3.8) is 0 Å². The number of benzene rings is 1. The Hall–Kier alpha value is -5.40. The number of anilines is 2. The van der Waals surface area contributed by atoms with Gasteiger partial charge in [-0.15, -0.1) is 0 Å². The monoisotopic (exact) mass is 744 g/mol. The Labute approximate surface area is 319 Å². The molecule has 14 heteroatoms. The van der Waals surface area contributed by atoms with Gasteiger partial charge in [0.1, 0.15) is 11.4 Å². The standard InChI is InChI=1S/C40H60N10O4/c1-25(2)15-19-49-23-31(21-33(49)39(53)43-17-13-35(41)45-27(5)6)47-37(51)29-9-11-30(12-10-29)38(52)48-32-22-34(50(24-32)20-16-26(3)4)40(54)44-18-14-36(42)46-28(7)8/h9-12,21-28H,13-20H2,1-8H3,(H2,41,45)(H2,42,46)(H,43,53)(H,44,54)(H,47,51)(H,48,52). The van der Waals surface area contributed by atoms with Gasteiger partial charge < -0.3 is 41.0 Å². The largest absolute Gasteiger partial charge is 0.372 e. The van der Waals surface area contributed by atoms with E-state index < -0.39 is 11.8 Å². The van der Waals surface area contributed by atoms with E-state index in [9.17, 15) is 19.2 Å². The summed E-state index contributed by atoms with van der Waals surface area (Å²) < 4.78 is 3.66. The lowest BCUT2D eigenvalue weighted by atomic mass is 10.1. The Kier molecular flexibility index (Phi) is 16.5. The quantitative estimate of drug-likeness (QED) is 0.0510. The first kappa shape index (κ1) is 43.0. The van der Waals surface area contributed by atoms with Gasteiger partial charge in [0.2, 0.25) is 0 Å². The van der Waals surface area contributed by atoms with E-state index >= 15 is 0 Å². The molecule has 0 radical (unpaired) electrons. The summed E-state index contributed by atoms with van der Waals surface area (Å²) in [4.78, 5) is 52.7. The predicted molar refractivity (Wildman–Crippen MR) is 216 cm³/mol. The highest BCUT2D eigenvalue weighted by Crippen LogP contribution is 2.20. The summed E-state index contributed by atoms with van der Waals surface area (Å²) in [6.07, 6.45) is 5.93. The zero-order chi connectivity index (χ0) is 39.9. The molecule has 8 N–H and O–H groups in total. The van der Waals surface area contributed by atoms with E-state index in [1.807, 2.05) is 36.8 Å². The van der Waals surface area contributed by atoms with Crippen LogP contribution < -0.4 is 31.9 Å². The van der Waals surface area contributed by atoms with Crippen molar-refractivity contribution in [2.75, 3.05) is 23.7 Å². The van der Waals surface area contributed by atoms with Gasteiger partial charge in [0, 0.05) is 74.6 Å². The number of amides is 4. The van der Waals surface area contributed by atoms with Gasteiger partial charge in [-0.05, 0) is 88.8 Å². The minimum Gasteiger partial charge on any atom is -0.372 e. The van der Waals surface area contributed by atoms with Crippen LogP contribution in [0.25, 0.3) is 0 Å². The molecule has 294 valence electrons. The van der Waals surface area contributed by atoms with E-state index in [-0.39, 0.29) is 23.9 Å². The molecule has 2 heterocycles. The normalized spacial score (nSPS) is 11.2. The van der Waals surface area contributed by atoms with Crippen LogP contribution in [0.15, 0.2) is 48.8 Å². The van der Waals surface area contributed by atoms with Crippen LogP contribution in [0.3, 0.4) is 0 Å². The topological polar surface area (TPSA) is 198 Å². The Morgan fingerprint density at radius 2 is 0.926 bits per heavy atom. The zero-order valence-corrected chi connectivity index (χ0v) is 33.1. The summed E-state index contributed by atoms with van der Waals surface area (Å²) >= 11 is 0. The van der Waals surface area contributed by atoms with Crippen LogP contribution in [-0.2, 0) is 13.1 Å². The molecule has 0 saturated carbocycles. The first-order valence-electron chi connectivity index (χ1n) is 18.9. The number of hydrogen-bond donors (Lipinski definition) is 8. The Morgan fingerprint density at radius 1 is 0.574 bits per heavy atom. The highest BCUT2D eigenvalue weighted by Gasteiger charge is 2.19. The van der Waals surface area contributed by atoms with Gasteiger partial charge in [-0.25, -0.2) is 0 Å². The smallest absolute Gasteiger partial charge is 0.267 e. The molecule has 0 atom stereocenters. The average Bonchev–Trinajstić information content (AvgIpc) is 3.69. The first-order chi connectivity index (χ1) is 25.5. The van der Waals surface area contributed by atoms with Crippen LogP contribution in [0, 0.1) is 22.7 Å². The number of aromatic nitrogens is 2. The van der Waals surface area contributed by atoms with Crippen molar-refractivity contribution < 1.29 is 19.2 Å². The van der Waals surface area contributed by atoms with Crippen molar-refractivity contribution in [1.29, 1.82) is 10.8 Å². The molecule has 0 aliphatic carbocycles. The van der Waals surface area contributed by atoms with Crippen molar-refractivity contribution in [2.24, 2.45) is 11.8 Å². The maximum absolute atomic E-state index is 13.2. The molecule has 3 aromatic rings. The predicted octanol–water partition coefficient (Wildman–Crippen LogP) is 6.08. The molecule has 0 saturated heterocycles. The SMILES string of the molecule is CC(C)CCn1cc(NC(=O)c2ccc(C(=O)Nc3cc(C(=O)NCCC(=N)NC(C)C)n(CCC(C)C)c3)cc2)cc1C(=O)NCCC(=N)NC(C)C. The molecule has 0 bridgehead atoms. The summed E-state index contributed by atoms with van der Waals surface area (Å²) in [5.74, 6) is 0.175. The van der Waals surface area contributed by atoms with Gasteiger partial charge in [0.25, 0.3) is 23.6 Å². The third-order valence-electron chi connectivity index (χ3n) is 8.33. The number of nitrogens with zero attached hydrogens (tertiary/aromatic N) is 2. The van der Waals surface area contributed by atoms with Crippen LogP contribution in [0.5, 0.6) is 0 Å². The van der Waals surface area contributed by atoms with Crippen LogP contribution in [-0.4, -0.2) is 69.6 Å². The van der Waals surface area contributed by atoms with E-state index in [0.29, 0.717) is 96.4 Å². The van der Waals surface area contributed by atoms with Crippen molar-refractivity contribution in [3.05, 3.63) is 71.3 Å². The molecule has 3 rings (SSSR count). The first-order valence-corrected chi connectivity index (χ1v) is 18.9. The molecule has 0 aliphatic heterocycles. The summed E-state index contributed by atoms with van der Waals surface area (Å²) in [5, 5.41) is 33.6. The van der Waals surface area contributed by atoms with Crippen molar-refractivity contribution in [1.82, 2.24) is 30.4 Å². The second-order valence-corrected chi connectivity index (χ2v) is 15.0. The highest BCUT2D eigenvalue weighted by atomic mass is 16.2.